The molecule has 0 aromatic heterocycles. The monoisotopic (exact) mass is 482 g/mol. The van der Waals surface area contributed by atoms with Crippen LogP contribution in [0.4, 0.5) is 0 Å². The Morgan fingerprint density at radius 1 is 0.806 bits per heavy atom. The average molecular weight is 483 g/mol. The van der Waals surface area contributed by atoms with Crippen molar-refractivity contribution in [2.45, 2.75) is 69.9 Å². The molecule has 1 aliphatic carbocycles. The second-order valence-electron chi connectivity index (χ2n) is 9.92. The molecule has 188 valence electrons. The van der Waals surface area contributed by atoms with Crippen molar-refractivity contribution in [2.75, 3.05) is 6.54 Å². The number of hydrogen-bond acceptors (Lipinski definition) is 2. The molecule has 0 bridgehead atoms. The molecule has 1 N–H and O–H groups in total. The highest BCUT2D eigenvalue weighted by atomic mass is 16.2. The number of nitrogens with zero attached hydrogens (tertiary/aromatic N) is 1. The fourth-order valence-electron chi connectivity index (χ4n) is 5.23. The van der Waals surface area contributed by atoms with Crippen LogP contribution in [0.2, 0.25) is 0 Å². The number of rotatable bonds is 10. The van der Waals surface area contributed by atoms with Crippen molar-refractivity contribution in [1.29, 1.82) is 0 Å². The van der Waals surface area contributed by atoms with Crippen LogP contribution in [0.5, 0.6) is 0 Å². The first-order valence-corrected chi connectivity index (χ1v) is 13.4. The van der Waals surface area contributed by atoms with Crippen LogP contribution in [0, 0.1) is 0 Å². The lowest BCUT2D eigenvalue weighted by atomic mass is 9.88. The summed E-state index contributed by atoms with van der Waals surface area (Å²) in [5, 5.41) is 3.24. The van der Waals surface area contributed by atoms with E-state index in [0.29, 0.717) is 13.0 Å². The van der Waals surface area contributed by atoms with Crippen LogP contribution in [0.15, 0.2) is 91.0 Å². The normalized spacial score (nSPS) is 14.8. The fraction of sp³-hybridized carbons (Fsp3) is 0.375. The standard InChI is InChI=1S/C32H38N2O2/c1-25(32(36)33-29-20-12-5-13-21-29)34(23-22-26-14-6-2-7-15-26)31(35)24-30(27-16-8-3-9-17-27)28-18-10-4-11-19-28/h2-4,6-11,14-19,25,29-30H,5,12-13,20-24H2,1H3,(H,33,36)/t25-/m1/s1. The maximum absolute atomic E-state index is 13.9. The SMILES string of the molecule is C[C@H](C(=O)NC1CCCCC1)N(CCc1ccccc1)C(=O)CC(c1ccccc1)c1ccccc1. The molecule has 1 atom stereocenters. The van der Waals surface area contributed by atoms with Gasteiger partial charge in [-0.2, -0.15) is 0 Å². The summed E-state index contributed by atoms with van der Waals surface area (Å²) in [7, 11) is 0. The van der Waals surface area contributed by atoms with E-state index >= 15 is 0 Å². The Morgan fingerprint density at radius 3 is 1.89 bits per heavy atom. The molecule has 1 saturated carbocycles. The highest BCUT2D eigenvalue weighted by Crippen LogP contribution is 2.29. The van der Waals surface area contributed by atoms with Gasteiger partial charge in [-0.25, -0.2) is 0 Å². The molecule has 3 aromatic carbocycles. The van der Waals surface area contributed by atoms with Crippen molar-refractivity contribution >= 4 is 11.8 Å². The first-order chi connectivity index (χ1) is 17.6. The van der Waals surface area contributed by atoms with Gasteiger partial charge in [0.05, 0.1) is 0 Å². The molecular formula is C32H38N2O2. The molecule has 4 rings (SSSR count). The Kier molecular flexibility index (Phi) is 9.32. The Balaban J connectivity index is 1.54. The molecule has 3 aromatic rings. The lowest BCUT2D eigenvalue weighted by Crippen LogP contribution is -2.51. The number of hydrogen-bond donors (Lipinski definition) is 1. The van der Waals surface area contributed by atoms with Crippen molar-refractivity contribution in [1.82, 2.24) is 10.2 Å². The van der Waals surface area contributed by atoms with Crippen molar-refractivity contribution in [3.8, 4) is 0 Å². The van der Waals surface area contributed by atoms with Crippen molar-refractivity contribution in [3.63, 3.8) is 0 Å². The van der Waals surface area contributed by atoms with Gasteiger partial charge >= 0.3 is 0 Å². The van der Waals surface area contributed by atoms with Crippen LogP contribution in [0.1, 0.15) is 68.1 Å². The van der Waals surface area contributed by atoms with Gasteiger partial charge in [-0.3, -0.25) is 9.59 Å². The fourth-order valence-corrected chi connectivity index (χ4v) is 5.23. The van der Waals surface area contributed by atoms with E-state index in [0.717, 1.165) is 48.8 Å². The number of carbonyl (C=O) groups is 2. The zero-order chi connectivity index (χ0) is 25.2. The zero-order valence-corrected chi connectivity index (χ0v) is 21.3. The van der Waals surface area contributed by atoms with E-state index in [1.807, 2.05) is 61.5 Å². The molecule has 0 heterocycles. The first-order valence-electron chi connectivity index (χ1n) is 13.4. The van der Waals surface area contributed by atoms with Crippen LogP contribution in [-0.4, -0.2) is 35.3 Å². The molecule has 4 heteroatoms. The predicted octanol–water partition coefficient (Wildman–Crippen LogP) is 6.12. The van der Waals surface area contributed by atoms with Gasteiger partial charge in [-0.05, 0) is 42.9 Å². The van der Waals surface area contributed by atoms with Gasteiger partial charge in [0.1, 0.15) is 6.04 Å². The first kappa shape index (κ1) is 25.7. The summed E-state index contributed by atoms with van der Waals surface area (Å²) in [6, 6.07) is 30.3. The topological polar surface area (TPSA) is 49.4 Å². The molecule has 1 fully saturated rings. The Bertz CT molecular complexity index is 1040. The number of carbonyl (C=O) groups excluding carboxylic acids is 2. The van der Waals surface area contributed by atoms with Crippen molar-refractivity contribution in [3.05, 3.63) is 108 Å². The van der Waals surface area contributed by atoms with Crippen LogP contribution in [0.25, 0.3) is 0 Å². The van der Waals surface area contributed by atoms with E-state index in [-0.39, 0.29) is 23.8 Å². The predicted molar refractivity (Wildman–Crippen MR) is 146 cm³/mol. The quantitative estimate of drug-likeness (QED) is 0.379. The summed E-state index contributed by atoms with van der Waals surface area (Å²) in [6.07, 6.45) is 6.65. The van der Waals surface area contributed by atoms with Gasteiger partial charge in [-0.1, -0.05) is 110 Å². The molecular weight excluding hydrogens is 444 g/mol. The third kappa shape index (κ3) is 7.07. The number of amides is 2. The lowest BCUT2D eigenvalue weighted by molar-refractivity contribution is -0.140. The van der Waals surface area contributed by atoms with E-state index in [1.165, 1.54) is 6.42 Å². The molecule has 1 aliphatic rings. The van der Waals surface area contributed by atoms with Crippen LogP contribution < -0.4 is 5.32 Å². The average Bonchev–Trinajstić information content (AvgIpc) is 2.93. The summed E-state index contributed by atoms with van der Waals surface area (Å²) < 4.78 is 0. The molecule has 0 unspecified atom stereocenters. The molecule has 0 radical (unpaired) electrons. The third-order valence-electron chi connectivity index (χ3n) is 7.39. The summed E-state index contributed by atoms with van der Waals surface area (Å²) in [6.45, 7) is 2.39. The second-order valence-corrected chi connectivity index (χ2v) is 9.92. The minimum absolute atomic E-state index is 0.00920. The van der Waals surface area contributed by atoms with Crippen LogP contribution in [-0.2, 0) is 16.0 Å². The van der Waals surface area contributed by atoms with Crippen LogP contribution >= 0.6 is 0 Å². The highest BCUT2D eigenvalue weighted by molar-refractivity contribution is 5.88. The smallest absolute Gasteiger partial charge is 0.242 e. The van der Waals surface area contributed by atoms with Gasteiger partial charge < -0.3 is 10.2 Å². The van der Waals surface area contributed by atoms with E-state index < -0.39 is 6.04 Å². The third-order valence-corrected chi connectivity index (χ3v) is 7.39. The van der Waals surface area contributed by atoms with E-state index in [9.17, 15) is 9.59 Å². The summed E-state index contributed by atoms with van der Waals surface area (Å²) in [5.41, 5.74) is 3.39. The van der Waals surface area contributed by atoms with E-state index in [4.69, 9.17) is 0 Å². The van der Waals surface area contributed by atoms with E-state index in [2.05, 4.69) is 41.7 Å². The van der Waals surface area contributed by atoms with Crippen LogP contribution in [0.3, 0.4) is 0 Å². The Labute approximate surface area is 215 Å². The second kappa shape index (κ2) is 13.1. The number of benzene rings is 3. The van der Waals surface area contributed by atoms with Gasteiger partial charge in [0, 0.05) is 24.9 Å². The van der Waals surface area contributed by atoms with Gasteiger partial charge in [0.25, 0.3) is 0 Å². The Hall–Kier alpha value is -3.40. The van der Waals surface area contributed by atoms with Gasteiger partial charge in [-0.15, -0.1) is 0 Å². The molecule has 4 nitrogen and oxygen atoms in total. The molecule has 0 spiro atoms. The van der Waals surface area contributed by atoms with Gasteiger partial charge in [0.2, 0.25) is 11.8 Å². The summed E-state index contributed by atoms with van der Waals surface area (Å²) >= 11 is 0. The molecule has 2 amide bonds. The molecule has 0 aliphatic heterocycles. The number of nitrogens with one attached hydrogen (secondary N) is 1. The molecule has 36 heavy (non-hydrogen) atoms. The maximum Gasteiger partial charge on any atom is 0.242 e. The minimum atomic E-state index is -0.518. The molecule has 0 saturated heterocycles. The zero-order valence-electron chi connectivity index (χ0n) is 21.3. The maximum atomic E-state index is 13.9. The highest BCUT2D eigenvalue weighted by Gasteiger charge is 2.30. The van der Waals surface area contributed by atoms with Crippen molar-refractivity contribution < 1.29 is 9.59 Å². The largest absolute Gasteiger partial charge is 0.352 e. The summed E-state index contributed by atoms with van der Waals surface area (Å²) in [5.74, 6) is -0.0954. The Morgan fingerprint density at radius 2 is 1.33 bits per heavy atom. The lowest BCUT2D eigenvalue weighted by Gasteiger charge is -2.32. The van der Waals surface area contributed by atoms with E-state index in [1.54, 1.807) is 4.90 Å². The van der Waals surface area contributed by atoms with Crippen molar-refractivity contribution in [2.24, 2.45) is 0 Å². The summed E-state index contributed by atoms with van der Waals surface area (Å²) in [4.78, 5) is 29.0. The minimum Gasteiger partial charge on any atom is -0.352 e. The van der Waals surface area contributed by atoms with Gasteiger partial charge in [0.15, 0.2) is 0 Å².